The molecule has 0 aromatic heterocycles. The number of nitrogens with one attached hydrogen (secondary N) is 1. The van der Waals surface area contributed by atoms with E-state index in [2.05, 4.69) is 5.32 Å². The fourth-order valence-corrected chi connectivity index (χ4v) is 3.04. The van der Waals surface area contributed by atoms with Gasteiger partial charge in [0.1, 0.15) is 18.3 Å². The number of aryl methyl sites for hydroxylation is 1. The summed E-state index contributed by atoms with van der Waals surface area (Å²) in [5, 5.41) is 31.4. The number of Topliss-reactive ketones (excluding diaryl/α,β-unsaturated/α-hetero) is 1. The summed E-state index contributed by atoms with van der Waals surface area (Å²) in [7, 11) is 0. The molecule has 9 heteroatoms. The number of rotatable bonds is 4. The van der Waals surface area contributed by atoms with Crippen LogP contribution in [0.5, 0.6) is 0 Å². The van der Waals surface area contributed by atoms with Gasteiger partial charge >= 0.3 is 6.03 Å². The molecule has 2 heterocycles. The Morgan fingerprint density at radius 3 is 2.62 bits per heavy atom. The van der Waals surface area contributed by atoms with Crippen LogP contribution in [0, 0.1) is 6.92 Å². The molecule has 2 amide bonds. The van der Waals surface area contributed by atoms with Crippen molar-refractivity contribution in [3.8, 4) is 0 Å². The van der Waals surface area contributed by atoms with Crippen LogP contribution in [0.1, 0.15) is 15.9 Å². The smallest absolute Gasteiger partial charge is 0.325 e. The number of amides is 2. The Labute approximate surface area is 149 Å². The lowest BCUT2D eigenvalue weighted by atomic mass is 9.94. The van der Waals surface area contributed by atoms with E-state index >= 15 is 0 Å². The van der Waals surface area contributed by atoms with Crippen LogP contribution in [0.15, 0.2) is 36.5 Å². The molecule has 0 spiro atoms. The van der Waals surface area contributed by atoms with Crippen LogP contribution in [0.4, 0.5) is 4.79 Å². The van der Waals surface area contributed by atoms with Gasteiger partial charge in [0.2, 0.25) is 5.78 Å². The molecule has 2 aliphatic rings. The van der Waals surface area contributed by atoms with Crippen molar-refractivity contribution in [1.29, 1.82) is 0 Å². The molecule has 5 atom stereocenters. The van der Waals surface area contributed by atoms with E-state index < -0.39 is 48.6 Å². The lowest BCUT2D eigenvalue weighted by molar-refractivity contribution is -0.0666. The Hall–Kier alpha value is -2.30. The Kier molecular flexibility index (Phi) is 4.82. The number of aliphatic hydroxyl groups excluding tert-OH is 3. The highest BCUT2D eigenvalue weighted by atomic mass is 16.6. The fourth-order valence-electron chi connectivity index (χ4n) is 3.04. The highest BCUT2D eigenvalue weighted by molar-refractivity contribution is 6.07. The predicted octanol–water partition coefficient (Wildman–Crippen LogP) is -1.19. The van der Waals surface area contributed by atoms with Crippen LogP contribution in [0.3, 0.4) is 0 Å². The number of ether oxygens (including phenoxy) is 1. The van der Waals surface area contributed by atoms with Gasteiger partial charge in [-0.1, -0.05) is 24.3 Å². The van der Waals surface area contributed by atoms with Crippen molar-refractivity contribution in [2.75, 3.05) is 6.61 Å². The molecule has 26 heavy (non-hydrogen) atoms. The third kappa shape index (κ3) is 3.00. The number of carbonyl (C=O) groups is 2. The molecule has 1 saturated heterocycles. The minimum atomic E-state index is -1.75. The molecule has 0 bridgehead atoms. The first-order valence-corrected chi connectivity index (χ1v) is 8.10. The van der Waals surface area contributed by atoms with Crippen molar-refractivity contribution < 1.29 is 29.6 Å². The van der Waals surface area contributed by atoms with Gasteiger partial charge in [-0.05, 0) is 18.6 Å². The Morgan fingerprint density at radius 1 is 1.35 bits per heavy atom. The fraction of sp³-hybridized carbons (Fsp3) is 0.412. The van der Waals surface area contributed by atoms with Gasteiger partial charge in [-0.3, -0.25) is 15.4 Å². The first-order valence-electron chi connectivity index (χ1n) is 8.10. The average Bonchev–Trinajstić information content (AvgIpc) is 2.90. The molecular formula is C17H21N3O6. The van der Waals surface area contributed by atoms with Gasteiger partial charge in [0.25, 0.3) is 0 Å². The molecule has 0 aliphatic carbocycles. The maximum Gasteiger partial charge on any atom is 0.325 e. The van der Waals surface area contributed by atoms with Crippen molar-refractivity contribution >= 4 is 11.8 Å². The van der Waals surface area contributed by atoms with Crippen LogP contribution in [-0.4, -0.2) is 68.8 Å². The number of nitrogens with zero attached hydrogens (tertiary/aromatic N) is 1. The largest absolute Gasteiger partial charge is 0.394 e. The summed E-state index contributed by atoms with van der Waals surface area (Å²) in [5.74, 6) is -0.485. The second-order valence-electron chi connectivity index (χ2n) is 6.40. The van der Waals surface area contributed by atoms with E-state index in [1.807, 2.05) is 0 Å². The number of carbonyl (C=O) groups excluding carboxylic acids is 2. The van der Waals surface area contributed by atoms with Gasteiger partial charge in [-0.15, -0.1) is 0 Å². The van der Waals surface area contributed by atoms with E-state index in [1.165, 1.54) is 12.3 Å². The molecule has 1 aromatic carbocycles. The zero-order valence-corrected chi connectivity index (χ0v) is 14.1. The SMILES string of the molecule is Cc1ccccc1C(=O)C1(N)C=CN([C@@H]2O[C@H](CO)[C@@H](O)[C@H]2O)C(=O)N1. The first kappa shape index (κ1) is 18.5. The van der Waals surface area contributed by atoms with Crippen LogP contribution in [0.2, 0.25) is 0 Å². The summed E-state index contributed by atoms with van der Waals surface area (Å²) < 4.78 is 5.32. The summed E-state index contributed by atoms with van der Waals surface area (Å²) >= 11 is 0. The van der Waals surface area contributed by atoms with Gasteiger partial charge < -0.3 is 25.4 Å². The number of urea groups is 1. The van der Waals surface area contributed by atoms with Gasteiger partial charge in [0.15, 0.2) is 11.9 Å². The normalized spacial score (nSPS) is 34.0. The highest BCUT2D eigenvalue weighted by Gasteiger charge is 2.49. The predicted molar refractivity (Wildman–Crippen MR) is 89.7 cm³/mol. The van der Waals surface area contributed by atoms with E-state index in [0.717, 1.165) is 10.5 Å². The Balaban J connectivity index is 1.84. The lowest BCUT2D eigenvalue weighted by Gasteiger charge is -2.36. The second kappa shape index (κ2) is 6.78. The minimum Gasteiger partial charge on any atom is -0.394 e. The Bertz CT molecular complexity index is 754. The molecule has 2 aliphatic heterocycles. The molecule has 1 unspecified atom stereocenters. The third-order valence-electron chi connectivity index (χ3n) is 4.60. The van der Waals surface area contributed by atoms with Crippen molar-refractivity contribution in [1.82, 2.24) is 10.2 Å². The summed E-state index contributed by atoms with van der Waals surface area (Å²) in [6, 6.07) is 6.09. The lowest BCUT2D eigenvalue weighted by Crippen LogP contribution is -2.66. The average molecular weight is 363 g/mol. The van der Waals surface area contributed by atoms with Crippen LogP contribution in [0.25, 0.3) is 0 Å². The second-order valence-corrected chi connectivity index (χ2v) is 6.40. The number of aliphatic hydroxyl groups is 3. The number of hydrogen-bond acceptors (Lipinski definition) is 7. The molecule has 3 rings (SSSR count). The molecule has 9 nitrogen and oxygen atoms in total. The van der Waals surface area contributed by atoms with Crippen molar-refractivity contribution in [2.45, 2.75) is 37.1 Å². The number of hydrogen-bond donors (Lipinski definition) is 5. The standard InChI is InChI=1S/C17H21N3O6/c1-9-4-2-3-5-10(9)14(24)17(18)6-7-20(16(25)19-17)15-13(23)12(22)11(8-21)26-15/h2-7,11-13,15,21-23H,8,18H2,1H3,(H,19,25)/t11-,12-,13-,15-,17?/m1/s1. The van der Waals surface area contributed by atoms with Gasteiger partial charge in [0.05, 0.1) is 6.61 Å². The van der Waals surface area contributed by atoms with E-state index in [9.17, 15) is 19.8 Å². The summed E-state index contributed by atoms with van der Waals surface area (Å²) in [6.07, 6.45) is -2.47. The molecular weight excluding hydrogens is 342 g/mol. The molecule has 1 fully saturated rings. The van der Waals surface area contributed by atoms with E-state index in [0.29, 0.717) is 5.56 Å². The third-order valence-corrected chi connectivity index (χ3v) is 4.60. The summed E-state index contributed by atoms with van der Waals surface area (Å²) in [5.41, 5.74) is 5.43. The number of benzene rings is 1. The maximum absolute atomic E-state index is 12.8. The highest BCUT2D eigenvalue weighted by Crippen LogP contribution is 2.27. The molecule has 0 saturated carbocycles. The van der Waals surface area contributed by atoms with E-state index in [1.54, 1.807) is 31.2 Å². The zero-order valence-electron chi connectivity index (χ0n) is 14.1. The molecule has 140 valence electrons. The van der Waals surface area contributed by atoms with E-state index in [-0.39, 0.29) is 0 Å². The summed E-state index contributed by atoms with van der Waals surface area (Å²) in [4.78, 5) is 26.2. The van der Waals surface area contributed by atoms with Gasteiger partial charge in [-0.2, -0.15) is 0 Å². The van der Waals surface area contributed by atoms with Crippen LogP contribution in [-0.2, 0) is 4.74 Å². The molecule has 6 N–H and O–H groups in total. The van der Waals surface area contributed by atoms with E-state index in [4.69, 9.17) is 15.6 Å². The number of ketones is 1. The minimum absolute atomic E-state index is 0.376. The van der Waals surface area contributed by atoms with Gasteiger partial charge in [0, 0.05) is 11.8 Å². The first-order chi connectivity index (χ1) is 12.3. The maximum atomic E-state index is 12.8. The van der Waals surface area contributed by atoms with Crippen molar-refractivity contribution in [3.63, 3.8) is 0 Å². The van der Waals surface area contributed by atoms with Gasteiger partial charge in [-0.25, -0.2) is 4.79 Å². The molecule has 0 radical (unpaired) electrons. The topological polar surface area (TPSA) is 145 Å². The van der Waals surface area contributed by atoms with Crippen LogP contribution < -0.4 is 11.1 Å². The van der Waals surface area contributed by atoms with Crippen molar-refractivity contribution in [3.05, 3.63) is 47.7 Å². The zero-order chi connectivity index (χ0) is 19.1. The number of nitrogens with two attached hydrogens (primary N) is 1. The molecule has 1 aromatic rings. The van der Waals surface area contributed by atoms with Crippen LogP contribution >= 0.6 is 0 Å². The summed E-state index contributed by atoms with van der Waals surface area (Å²) in [6.45, 7) is 1.25. The quantitative estimate of drug-likeness (QED) is 0.423. The van der Waals surface area contributed by atoms with Crippen molar-refractivity contribution in [2.24, 2.45) is 5.73 Å². The monoisotopic (exact) mass is 363 g/mol. The Morgan fingerprint density at radius 2 is 2.04 bits per heavy atom.